The van der Waals surface area contributed by atoms with Gasteiger partial charge in [-0.2, -0.15) is 0 Å². The average Bonchev–Trinajstić information content (AvgIpc) is 2.36. The van der Waals surface area contributed by atoms with Crippen LogP contribution in [-0.2, 0) is 35.7 Å². The van der Waals surface area contributed by atoms with Crippen LogP contribution in [0.25, 0.3) is 0 Å². The van der Waals surface area contributed by atoms with Gasteiger partial charge in [0.25, 0.3) is 0 Å². The Balaban J connectivity index is -0.0000000287. The molecule has 0 atom stereocenters. The second-order valence-electron chi connectivity index (χ2n) is 2.95. The molecule has 0 radical (unpaired) electrons. The van der Waals surface area contributed by atoms with Gasteiger partial charge in [0.1, 0.15) is 0 Å². The van der Waals surface area contributed by atoms with Crippen LogP contribution in [-0.4, -0.2) is 19.8 Å². The normalized spacial score (nSPS) is 6.59. The van der Waals surface area contributed by atoms with E-state index in [1.54, 1.807) is 0 Å². The molecule has 0 bridgehead atoms. The predicted molar refractivity (Wildman–Crippen MR) is 55.3 cm³/mol. The summed E-state index contributed by atoms with van der Waals surface area (Å²) in [5.74, 6) is 0. The van der Waals surface area contributed by atoms with Crippen molar-refractivity contribution in [3.63, 3.8) is 0 Å². The second kappa shape index (κ2) is 45.3. The summed E-state index contributed by atoms with van der Waals surface area (Å²) in [6.07, 6.45) is 1.83. The van der Waals surface area contributed by atoms with Gasteiger partial charge >= 0.3 is 45.2 Å². The van der Waals surface area contributed by atoms with Crippen LogP contribution in [0.1, 0.15) is 0 Å². The van der Waals surface area contributed by atoms with Gasteiger partial charge in [0.15, 0.2) is 0 Å². The Bertz CT molecular complexity index is 188. The van der Waals surface area contributed by atoms with Gasteiger partial charge in [-0.3, -0.25) is 0 Å². The molecule has 0 aromatic carbocycles. The average molecular weight is 298 g/mol. The summed E-state index contributed by atoms with van der Waals surface area (Å²) >= 11 is 0. The Morgan fingerprint density at radius 1 is 0.882 bits per heavy atom. The van der Waals surface area contributed by atoms with Crippen LogP contribution < -0.4 is 0 Å². The first kappa shape index (κ1) is 36.0. The van der Waals surface area contributed by atoms with E-state index in [4.69, 9.17) is 23.7 Å². The summed E-state index contributed by atoms with van der Waals surface area (Å²) in [6, 6.07) is 0. The predicted octanol–water partition coefficient (Wildman–Crippen LogP) is 1.26. The molecule has 1 N–H and O–H groups in total. The van der Waals surface area contributed by atoms with Crippen molar-refractivity contribution in [3.05, 3.63) is 38.4 Å². The number of rotatable bonds is 2. The third-order valence-corrected chi connectivity index (χ3v) is 1.96. The topological polar surface area (TPSA) is 99.8 Å². The quantitative estimate of drug-likeness (QED) is 0.463. The van der Waals surface area contributed by atoms with E-state index in [0.29, 0.717) is 0 Å². The van der Waals surface area contributed by atoms with Crippen molar-refractivity contribution >= 4 is 8.07 Å². The molecule has 0 heterocycles. The fraction of sp³-hybridized carbons (Fsp3) is 0.400. The summed E-state index contributed by atoms with van der Waals surface area (Å²) in [5.41, 5.74) is 2.13. The van der Waals surface area contributed by atoms with Gasteiger partial charge in [-0.15, -0.1) is 0 Å². The van der Waals surface area contributed by atoms with Crippen molar-refractivity contribution in [3.8, 4) is 0 Å². The number of hydrogen-bond acceptors (Lipinski definition) is 1. The van der Waals surface area contributed by atoms with Gasteiger partial charge in [-0.25, -0.2) is 0 Å². The summed E-state index contributed by atoms with van der Waals surface area (Å²) in [4.78, 5) is 0. The van der Waals surface area contributed by atoms with E-state index in [1.165, 1.54) is 0 Å². The fourth-order valence-electron chi connectivity index (χ4n) is 0.406. The molecule has 5 nitrogen and oxygen atoms in total. The van der Waals surface area contributed by atoms with Gasteiger partial charge in [-0.05, 0) is 0 Å². The third-order valence-electron chi connectivity index (χ3n) is 0.723. The molecule has 96 valence electrons. The first-order chi connectivity index (χ1) is 7.56. The Morgan fingerprint density at radius 3 is 1.18 bits per heavy atom. The molecule has 0 aliphatic heterocycles. The van der Waals surface area contributed by atoms with E-state index in [9.17, 15) is 0 Å². The SMILES string of the molecule is C[Si](C)(C)/C=C/CO.[C-]#[O+].[C-]#[O+].[C-]#[O+].[C-]#[O+].[Fe]. The van der Waals surface area contributed by atoms with Crippen molar-refractivity contribution < 1.29 is 40.8 Å². The van der Waals surface area contributed by atoms with Crippen molar-refractivity contribution in [2.75, 3.05) is 6.61 Å². The van der Waals surface area contributed by atoms with Crippen molar-refractivity contribution in [2.24, 2.45) is 0 Å². The van der Waals surface area contributed by atoms with Crippen molar-refractivity contribution in [2.45, 2.75) is 19.6 Å². The third kappa shape index (κ3) is 143. The van der Waals surface area contributed by atoms with Crippen LogP contribution in [0.4, 0.5) is 0 Å². The molecule has 0 aliphatic carbocycles. The van der Waals surface area contributed by atoms with Crippen LogP contribution in [0, 0.1) is 26.6 Å². The zero-order chi connectivity index (χ0) is 14.6. The minimum atomic E-state index is -1.02. The summed E-state index contributed by atoms with van der Waals surface area (Å²) in [6.45, 7) is 24.9. The summed E-state index contributed by atoms with van der Waals surface area (Å²) in [5, 5.41) is 8.36. The first-order valence-corrected chi connectivity index (χ1v) is 7.24. The monoisotopic (exact) mass is 298 g/mol. The molecule has 0 amide bonds. The second-order valence-corrected chi connectivity index (χ2v) is 8.02. The molecular formula is C10H14FeO5Si. The Morgan fingerprint density at radius 2 is 1.12 bits per heavy atom. The molecule has 0 fully saturated rings. The molecule has 17 heavy (non-hydrogen) atoms. The van der Waals surface area contributed by atoms with Gasteiger partial charge in [0.2, 0.25) is 0 Å². The smallest absolute Gasteiger partial charge is 0 e. The molecule has 0 rings (SSSR count). The molecule has 0 aliphatic rings. The molecule has 0 saturated heterocycles. The Labute approximate surface area is 114 Å². The van der Waals surface area contributed by atoms with Crippen LogP contribution in [0.15, 0.2) is 11.8 Å². The Hall–Kier alpha value is -0.604. The van der Waals surface area contributed by atoms with Crippen LogP contribution in [0.3, 0.4) is 0 Å². The standard InChI is InChI=1S/C6H14OSi.4CO.Fe/c1-8(2,3)6-4-5-7;4*1-2;/h4,6-7H,5H2,1-3H3;;;;;/b6-4+;;;;;. The van der Waals surface area contributed by atoms with Crippen molar-refractivity contribution in [1.82, 2.24) is 0 Å². The minimum Gasteiger partial charge on any atom is 0 e. The maximum atomic E-state index is 8.36. The zero-order valence-corrected chi connectivity index (χ0v) is 11.9. The fourth-order valence-corrected chi connectivity index (χ4v) is 1.22. The number of aliphatic hydroxyl groups is 1. The largest absolute Gasteiger partial charge is 0 e. The summed E-state index contributed by atoms with van der Waals surface area (Å²) in [7, 11) is -1.02. The number of hydrogen-bond donors (Lipinski definition) is 1. The van der Waals surface area contributed by atoms with Crippen molar-refractivity contribution in [1.29, 1.82) is 0 Å². The van der Waals surface area contributed by atoms with Gasteiger partial charge in [0, 0.05) is 17.1 Å². The maximum absolute atomic E-state index is 8.36. The summed E-state index contributed by atoms with van der Waals surface area (Å²) < 4.78 is 30.0. The van der Waals surface area contributed by atoms with Gasteiger partial charge in [-0.1, -0.05) is 31.4 Å². The minimum absolute atomic E-state index is 0. The van der Waals surface area contributed by atoms with Crippen LogP contribution >= 0.6 is 0 Å². The zero-order valence-electron chi connectivity index (χ0n) is 9.80. The molecule has 0 unspecified atom stereocenters. The Kier molecular flexibility index (Phi) is 95.7. The van der Waals surface area contributed by atoms with Crippen LogP contribution in [0.2, 0.25) is 19.6 Å². The molecular weight excluding hydrogens is 284 g/mol. The van der Waals surface area contributed by atoms with E-state index < -0.39 is 8.07 Å². The van der Waals surface area contributed by atoms with Gasteiger partial charge < -0.3 is 5.11 Å². The van der Waals surface area contributed by atoms with E-state index in [1.807, 2.05) is 6.08 Å². The van der Waals surface area contributed by atoms with Gasteiger partial charge in [0.05, 0.1) is 14.7 Å². The van der Waals surface area contributed by atoms with E-state index >= 15 is 0 Å². The number of aliphatic hydroxyl groups excluding tert-OH is 1. The van der Waals surface area contributed by atoms with E-state index in [2.05, 4.69) is 51.9 Å². The molecule has 0 aromatic heterocycles. The van der Waals surface area contributed by atoms with E-state index in [-0.39, 0.29) is 23.7 Å². The molecule has 0 spiro atoms. The maximum Gasteiger partial charge on any atom is 0 e. The molecule has 0 saturated carbocycles. The van der Waals surface area contributed by atoms with E-state index in [0.717, 1.165) is 0 Å². The van der Waals surface area contributed by atoms with Crippen LogP contribution in [0.5, 0.6) is 0 Å². The molecule has 7 heteroatoms. The first-order valence-electron chi connectivity index (χ1n) is 3.66. The molecule has 0 aromatic rings.